The Kier molecular flexibility index (Phi) is 2.83. The van der Waals surface area contributed by atoms with Gasteiger partial charge in [-0.3, -0.25) is 14.3 Å². The molecule has 1 amide bonds. The van der Waals surface area contributed by atoms with E-state index >= 15 is 0 Å². The van der Waals surface area contributed by atoms with E-state index in [1.165, 1.54) is 16.4 Å². The minimum Gasteiger partial charge on any atom is -0.271 e. The number of carbonyl (C=O) groups is 1. The van der Waals surface area contributed by atoms with Crippen LogP contribution in [0.15, 0.2) is 6.07 Å². The number of fused-ring (bicyclic) bond motifs is 1. The predicted octanol–water partition coefficient (Wildman–Crippen LogP) is 2.11. The van der Waals surface area contributed by atoms with Crippen molar-refractivity contribution >= 4 is 27.5 Å². The molecule has 6 heteroatoms. The van der Waals surface area contributed by atoms with Gasteiger partial charge in [0.2, 0.25) is 0 Å². The van der Waals surface area contributed by atoms with Gasteiger partial charge in [-0.1, -0.05) is 0 Å². The summed E-state index contributed by atoms with van der Waals surface area (Å²) in [6, 6.07) is 1.92. The molecule has 0 radical (unpaired) electrons. The van der Waals surface area contributed by atoms with Gasteiger partial charge in [-0.15, -0.1) is 11.3 Å². The molecule has 0 N–H and O–H groups in total. The van der Waals surface area contributed by atoms with Crippen molar-refractivity contribution in [2.75, 3.05) is 13.2 Å². The van der Waals surface area contributed by atoms with Gasteiger partial charge in [-0.25, -0.2) is 5.06 Å². The summed E-state index contributed by atoms with van der Waals surface area (Å²) in [6.07, 6.45) is 2.04. The van der Waals surface area contributed by atoms with Crippen molar-refractivity contribution < 1.29 is 9.63 Å². The lowest BCUT2D eigenvalue weighted by atomic mass is 10.2. The summed E-state index contributed by atoms with van der Waals surface area (Å²) in [5.74, 6) is -0.0321. The second-order valence-corrected chi connectivity index (χ2v) is 5.52. The molecule has 0 spiro atoms. The molecule has 3 heterocycles. The standard InChI is InChI=1S/C12H15N3O2S/c1-8-9-7-10(18-12(9)14(2)13-8)11(16)15-5-3-4-6-17-15/h7H,3-6H2,1-2H3. The molecule has 1 aliphatic heterocycles. The molecule has 1 saturated heterocycles. The van der Waals surface area contributed by atoms with Gasteiger partial charge in [0, 0.05) is 19.0 Å². The molecule has 1 fully saturated rings. The second kappa shape index (κ2) is 4.37. The van der Waals surface area contributed by atoms with Crippen molar-refractivity contribution in [1.29, 1.82) is 0 Å². The molecule has 0 unspecified atom stereocenters. The van der Waals surface area contributed by atoms with E-state index in [9.17, 15) is 4.79 Å². The Morgan fingerprint density at radius 2 is 2.33 bits per heavy atom. The summed E-state index contributed by atoms with van der Waals surface area (Å²) >= 11 is 1.48. The third kappa shape index (κ3) is 1.81. The quantitative estimate of drug-likeness (QED) is 0.793. The number of aromatic nitrogens is 2. The van der Waals surface area contributed by atoms with Crippen LogP contribution in [-0.2, 0) is 11.9 Å². The van der Waals surface area contributed by atoms with Crippen molar-refractivity contribution in [2.24, 2.45) is 7.05 Å². The molecule has 0 aromatic carbocycles. The SMILES string of the molecule is Cc1nn(C)c2sc(C(=O)N3CCCCO3)cc12. The minimum atomic E-state index is -0.0321. The van der Waals surface area contributed by atoms with Crippen molar-refractivity contribution in [3.05, 3.63) is 16.6 Å². The van der Waals surface area contributed by atoms with E-state index in [2.05, 4.69) is 5.10 Å². The first kappa shape index (κ1) is 11.7. The molecule has 1 aliphatic rings. The van der Waals surface area contributed by atoms with Gasteiger partial charge in [0.15, 0.2) is 0 Å². The maximum Gasteiger partial charge on any atom is 0.287 e. The van der Waals surface area contributed by atoms with Gasteiger partial charge in [-0.2, -0.15) is 5.10 Å². The Morgan fingerprint density at radius 1 is 1.50 bits per heavy atom. The average Bonchev–Trinajstić information content (AvgIpc) is 2.93. The molecular formula is C12H15N3O2S. The highest BCUT2D eigenvalue weighted by Crippen LogP contribution is 2.28. The molecule has 96 valence electrons. The summed E-state index contributed by atoms with van der Waals surface area (Å²) in [7, 11) is 1.90. The first-order chi connectivity index (χ1) is 8.66. The molecule has 2 aromatic rings. The molecule has 5 nitrogen and oxygen atoms in total. The van der Waals surface area contributed by atoms with Gasteiger partial charge >= 0.3 is 0 Å². The van der Waals surface area contributed by atoms with Crippen LogP contribution in [0.3, 0.4) is 0 Å². The van der Waals surface area contributed by atoms with E-state index in [1.807, 2.05) is 24.7 Å². The number of hydrogen-bond acceptors (Lipinski definition) is 4. The molecule has 3 rings (SSSR count). The summed E-state index contributed by atoms with van der Waals surface area (Å²) in [6.45, 7) is 3.28. The Hall–Kier alpha value is -1.40. The van der Waals surface area contributed by atoms with Crippen molar-refractivity contribution in [2.45, 2.75) is 19.8 Å². The number of hydrogen-bond donors (Lipinski definition) is 0. The number of thiophene rings is 1. The first-order valence-corrected chi connectivity index (χ1v) is 6.86. The highest BCUT2D eigenvalue weighted by atomic mass is 32.1. The summed E-state index contributed by atoms with van der Waals surface area (Å²) in [5, 5.41) is 6.88. The highest BCUT2D eigenvalue weighted by molar-refractivity contribution is 7.20. The Balaban J connectivity index is 1.93. The van der Waals surface area contributed by atoms with Crippen LogP contribution in [0.4, 0.5) is 0 Å². The highest BCUT2D eigenvalue weighted by Gasteiger charge is 2.22. The molecule has 0 saturated carbocycles. The molecule has 0 atom stereocenters. The number of aryl methyl sites for hydroxylation is 2. The first-order valence-electron chi connectivity index (χ1n) is 6.05. The summed E-state index contributed by atoms with van der Waals surface area (Å²) < 4.78 is 1.82. The van der Waals surface area contributed by atoms with Crippen LogP contribution in [0.2, 0.25) is 0 Å². The number of rotatable bonds is 1. The smallest absolute Gasteiger partial charge is 0.271 e. The zero-order valence-corrected chi connectivity index (χ0v) is 11.3. The van der Waals surface area contributed by atoms with E-state index in [0.29, 0.717) is 13.2 Å². The minimum absolute atomic E-state index is 0.0321. The van der Waals surface area contributed by atoms with E-state index in [4.69, 9.17) is 4.84 Å². The van der Waals surface area contributed by atoms with Crippen LogP contribution in [-0.4, -0.2) is 33.9 Å². The summed E-state index contributed by atoms with van der Waals surface area (Å²) in [4.78, 5) is 19.4. The number of carbonyl (C=O) groups excluding carboxylic acids is 1. The van der Waals surface area contributed by atoms with E-state index in [-0.39, 0.29) is 5.91 Å². The largest absolute Gasteiger partial charge is 0.287 e. The predicted molar refractivity (Wildman–Crippen MR) is 69.6 cm³/mol. The monoisotopic (exact) mass is 265 g/mol. The second-order valence-electron chi connectivity index (χ2n) is 4.49. The van der Waals surface area contributed by atoms with Crippen LogP contribution >= 0.6 is 11.3 Å². The van der Waals surface area contributed by atoms with Crippen LogP contribution in [0.5, 0.6) is 0 Å². The Morgan fingerprint density at radius 3 is 3.00 bits per heavy atom. The average molecular weight is 265 g/mol. The molecule has 2 aromatic heterocycles. The van der Waals surface area contributed by atoms with Crippen molar-refractivity contribution in [3.63, 3.8) is 0 Å². The van der Waals surface area contributed by atoms with E-state index < -0.39 is 0 Å². The third-order valence-electron chi connectivity index (χ3n) is 3.14. The maximum atomic E-state index is 12.3. The number of nitrogens with zero attached hydrogens (tertiary/aromatic N) is 3. The van der Waals surface area contributed by atoms with Crippen molar-refractivity contribution in [3.8, 4) is 0 Å². The Labute approximate surface area is 109 Å². The zero-order valence-electron chi connectivity index (χ0n) is 10.5. The van der Waals surface area contributed by atoms with Gasteiger partial charge in [0.05, 0.1) is 17.2 Å². The molecule has 0 aliphatic carbocycles. The topological polar surface area (TPSA) is 47.4 Å². The van der Waals surface area contributed by atoms with Gasteiger partial charge in [0.25, 0.3) is 5.91 Å². The fraction of sp³-hybridized carbons (Fsp3) is 0.500. The number of amides is 1. The zero-order chi connectivity index (χ0) is 12.7. The number of hydroxylamine groups is 2. The van der Waals surface area contributed by atoms with Crippen LogP contribution in [0.1, 0.15) is 28.2 Å². The Bertz CT molecular complexity index is 561. The lowest BCUT2D eigenvalue weighted by molar-refractivity contribution is -0.143. The maximum absolute atomic E-state index is 12.3. The molecule has 0 bridgehead atoms. The van der Waals surface area contributed by atoms with Crippen molar-refractivity contribution in [1.82, 2.24) is 14.8 Å². The summed E-state index contributed by atoms with van der Waals surface area (Å²) in [5.41, 5.74) is 0.961. The molecule has 18 heavy (non-hydrogen) atoms. The van der Waals surface area contributed by atoms with E-state index in [0.717, 1.165) is 33.6 Å². The normalized spacial score (nSPS) is 16.4. The lowest BCUT2D eigenvalue weighted by Crippen LogP contribution is -2.35. The van der Waals surface area contributed by atoms with Crippen LogP contribution in [0.25, 0.3) is 10.2 Å². The lowest BCUT2D eigenvalue weighted by Gasteiger charge is -2.25. The van der Waals surface area contributed by atoms with Crippen LogP contribution < -0.4 is 0 Å². The molecular weight excluding hydrogens is 250 g/mol. The van der Waals surface area contributed by atoms with Gasteiger partial charge in [-0.05, 0) is 25.8 Å². The van der Waals surface area contributed by atoms with Gasteiger partial charge in [0.1, 0.15) is 4.83 Å². The fourth-order valence-corrected chi connectivity index (χ4v) is 3.25. The van der Waals surface area contributed by atoms with Crippen LogP contribution in [0, 0.1) is 6.92 Å². The third-order valence-corrected chi connectivity index (χ3v) is 4.33. The fourth-order valence-electron chi connectivity index (χ4n) is 2.19. The van der Waals surface area contributed by atoms with E-state index in [1.54, 1.807) is 0 Å². The van der Waals surface area contributed by atoms with Gasteiger partial charge < -0.3 is 0 Å².